The van der Waals surface area contributed by atoms with Crippen LogP contribution in [0, 0.1) is 11.8 Å². The number of amides is 1. The van der Waals surface area contributed by atoms with Gasteiger partial charge < -0.3 is 4.90 Å². The summed E-state index contributed by atoms with van der Waals surface area (Å²) in [6.07, 6.45) is 1.80. The largest absolute Gasteiger partial charge is 0.332 e. The summed E-state index contributed by atoms with van der Waals surface area (Å²) in [6.45, 7) is 8.36. The van der Waals surface area contributed by atoms with Crippen molar-refractivity contribution in [3.05, 3.63) is 0 Å². The zero-order valence-electron chi connectivity index (χ0n) is 10.1. The average Bonchev–Trinajstić information content (AvgIpc) is 2.63. The van der Waals surface area contributed by atoms with E-state index >= 15 is 0 Å². The molecule has 0 aliphatic carbocycles. The first-order valence-corrected chi connectivity index (χ1v) is 5.76. The van der Waals surface area contributed by atoms with Gasteiger partial charge in [-0.05, 0) is 25.7 Å². The van der Waals surface area contributed by atoms with Crippen LogP contribution in [0.4, 0.5) is 0 Å². The van der Waals surface area contributed by atoms with Gasteiger partial charge in [-0.25, -0.2) is 0 Å². The van der Waals surface area contributed by atoms with Crippen LogP contribution in [0.3, 0.4) is 0 Å². The first kappa shape index (κ1) is 12.2. The SMILES string of the molecule is CC(=O)C1CCCN1C(=O)C(C)C(C)C. The minimum atomic E-state index is -0.154. The highest BCUT2D eigenvalue weighted by atomic mass is 16.2. The highest BCUT2D eigenvalue weighted by Gasteiger charge is 2.34. The molecule has 1 aliphatic heterocycles. The maximum Gasteiger partial charge on any atom is 0.226 e. The van der Waals surface area contributed by atoms with E-state index in [9.17, 15) is 9.59 Å². The molecular weight excluding hydrogens is 190 g/mol. The summed E-state index contributed by atoms with van der Waals surface area (Å²) in [6, 6.07) is -0.154. The lowest BCUT2D eigenvalue weighted by molar-refractivity contribution is -0.141. The van der Waals surface area contributed by atoms with Crippen molar-refractivity contribution in [2.45, 2.75) is 46.6 Å². The van der Waals surface area contributed by atoms with Crippen LogP contribution in [0.1, 0.15) is 40.5 Å². The van der Waals surface area contributed by atoms with Crippen molar-refractivity contribution in [3.63, 3.8) is 0 Å². The minimum absolute atomic E-state index is 0.0185. The van der Waals surface area contributed by atoms with Gasteiger partial charge >= 0.3 is 0 Å². The third kappa shape index (κ3) is 2.58. The molecule has 1 amide bonds. The predicted molar refractivity (Wildman–Crippen MR) is 59.4 cm³/mol. The predicted octanol–water partition coefficient (Wildman–Crippen LogP) is 1.86. The van der Waals surface area contributed by atoms with Crippen molar-refractivity contribution in [1.29, 1.82) is 0 Å². The van der Waals surface area contributed by atoms with Crippen LogP contribution in [-0.4, -0.2) is 29.2 Å². The molecule has 2 unspecified atom stereocenters. The lowest BCUT2D eigenvalue weighted by Gasteiger charge is -2.27. The Morgan fingerprint density at radius 2 is 1.87 bits per heavy atom. The van der Waals surface area contributed by atoms with Gasteiger partial charge in [0.2, 0.25) is 5.91 Å². The van der Waals surface area contributed by atoms with Gasteiger partial charge in [-0.3, -0.25) is 9.59 Å². The summed E-state index contributed by atoms with van der Waals surface area (Å²) >= 11 is 0. The molecule has 1 fully saturated rings. The number of carbonyl (C=O) groups excluding carboxylic acids is 2. The molecule has 1 aliphatic rings. The van der Waals surface area contributed by atoms with Gasteiger partial charge in [0.25, 0.3) is 0 Å². The Labute approximate surface area is 91.8 Å². The van der Waals surface area contributed by atoms with Crippen LogP contribution < -0.4 is 0 Å². The third-order valence-corrected chi connectivity index (χ3v) is 3.39. The van der Waals surface area contributed by atoms with E-state index in [1.807, 2.05) is 20.8 Å². The Kier molecular flexibility index (Phi) is 3.89. The molecular formula is C12H21NO2. The zero-order chi connectivity index (χ0) is 11.6. The van der Waals surface area contributed by atoms with E-state index in [4.69, 9.17) is 0 Å². The number of Topliss-reactive ketones (excluding diaryl/α,β-unsaturated/α-hetero) is 1. The fourth-order valence-corrected chi connectivity index (χ4v) is 2.00. The quantitative estimate of drug-likeness (QED) is 0.714. The van der Waals surface area contributed by atoms with Crippen molar-refractivity contribution < 1.29 is 9.59 Å². The summed E-state index contributed by atoms with van der Waals surface area (Å²) < 4.78 is 0. The molecule has 2 atom stereocenters. The molecule has 0 aromatic carbocycles. The van der Waals surface area contributed by atoms with E-state index in [-0.39, 0.29) is 23.7 Å². The molecule has 0 aromatic rings. The number of ketones is 1. The van der Waals surface area contributed by atoms with Crippen molar-refractivity contribution >= 4 is 11.7 Å². The smallest absolute Gasteiger partial charge is 0.226 e. The van der Waals surface area contributed by atoms with Gasteiger partial charge in [-0.1, -0.05) is 20.8 Å². The lowest BCUT2D eigenvalue weighted by Crippen LogP contribution is -2.43. The van der Waals surface area contributed by atoms with E-state index in [0.717, 1.165) is 19.4 Å². The normalized spacial score (nSPS) is 23.3. The molecule has 0 N–H and O–H groups in total. The number of nitrogens with zero attached hydrogens (tertiary/aromatic N) is 1. The van der Waals surface area contributed by atoms with Gasteiger partial charge in [0.05, 0.1) is 6.04 Å². The van der Waals surface area contributed by atoms with Gasteiger partial charge in [-0.15, -0.1) is 0 Å². The van der Waals surface area contributed by atoms with Gasteiger partial charge in [0, 0.05) is 12.5 Å². The molecule has 86 valence electrons. The van der Waals surface area contributed by atoms with Crippen molar-refractivity contribution in [2.24, 2.45) is 11.8 Å². The van der Waals surface area contributed by atoms with Crippen molar-refractivity contribution in [2.75, 3.05) is 6.54 Å². The number of rotatable bonds is 3. The maximum atomic E-state index is 12.1. The van der Waals surface area contributed by atoms with E-state index in [1.54, 1.807) is 11.8 Å². The molecule has 1 saturated heterocycles. The molecule has 1 rings (SSSR count). The molecule has 0 radical (unpaired) electrons. The van der Waals surface area contributed by atoms with Gasteiger partial charge in [0.15, 0.2) is 5.78 Å². The highest BCUT2D eigenvalue weighted by molar-refractivity contribution is 5.88. The van der Waals surface area contributed by atoms with Crippen LogP contribution in [0.5, 0.6) is 0 Å². The molecule has 0 saturated carbocycles. The highest BCUT2D eigenvalue weighted by Crippen LogP contribution is 2.23. The van der Waals surface area contributed by atoms with Gasteiger partial charge in [-0.2, -0.15) is 0 Å². The van der Waals surface area contributed by atoms with Crippen LogP contribution in [-0.2, 0) is 9.59 Å². The lowest BCUT2D eigenvalue weighted by atomic mass is 9.96. The Bertz CT molecular complexity index is 260. The number of carbonyl (C=O) groups is 2. The fraction of sp³-hybridized carbons (Fsp3) is 0.833. The molecule has 3 heteroatoms. The second-order valence-electron chi connectivity index (χ2n) is 4.83. The molecule has 0 bridgehead atoms. The molecule has 0 aromatic heterocycles. The van der Waals surface area contributed by atoms with Crippen LogP contribution in [0.2, 0.25) is 0 Å². The van der Waals surface area contributed by atoms with E-state index in [1.165, 1.54) is 0 Å². The van der Waals surface area contributed by atoms with Crippen molar-refractivity contribution in [3.8, 4) is 0 Å². The first-order chi connectivity index (χ1) is 6.95. The third-order valence-electron chi connectivity index (χ3n) is 3.39. The zero-order valence-corrected chi connectivity index (χ0v) is 10.1. The Morgan fingerprint density at radius 1 is 1.27 bits per heavy atom. The fourth-order valence-electron chi connectivity index (χ4n) is 2.00. The average molecular weight is 211 g/mol. The molecule has 15 heavy (non-hydrogen) atoms. The van der Waals surface area contributed by atoms with Gasteiger partial charge in [0.1, 0.15) is 0 Å². The summed E-state index contributed by atoms with van der Waals surface area (Å²) in [5, 5.41) is 0. The molecule has 3 nitrogen and oxygen atoms in total. The first-order valence-electron chi connectivity index (χ1n) is 5.76. The number of hydrogen-bond acceptors (Lipinski definition) is 2. The van der Waals surface area contributed by atoms with Crippen LogP contribution >= 0.6 is 0 Å². The maximum absolute atomic E-state index is 12.1. The summed E-state index contributed by atoms with van der Waals surface area (Å²) in [4.78, 5) is 25.2. The Morgan fingerprint density at radius 3 is 2.33 bits per heavy atom. The standard InChI is InChI=1S/C12H21NO2/c1-8(2)9(3)12(15)13-7-5-6-11(13)10(4)14/h8-9,11H,5-7H2,1-4H3. The Balaban J connectivity index is 2.70. The van der Waals surface area contributed by atoms with E-state index in [0.29, 0.717) is 5.92 Å². The van der Waals surface area contributed by atoms with Crippen LogP contribution in [0.25, 0.3) is 0 Å². The number of likely N-dealkylation sites (tertiary alicyclic amines) is 1. The number of hydrogen-bond donors (Lipinski definition) is 0. The van der Waals surface area contributed by atoms with Crippen LogP contribution in [0.15, 0.2) is 0 Å². The minimum Gasteiger partial charge on any atom is -0.332 e. The second-order valence-corrected chi connectivity index (χ2v) is 4.83. The monoisotopic (exact) mass is 211 g/mol. The summed E-state index contributed by atoms with van der Waals surface area (Å²) in [5.74, 6) is 0.621. The van der Waals surface area contributed by atoms with Crippen molar-refractivity contribution in [1.82, 2.24) is 4.90 Å². The second kappa shape index (κ2) is 4.77. The molecule has 0 spiro atoms. The summed E-state index contributed by atoms with van der Waals surface area (Å²) in [5.41, 5.74) is 0. The Hall–Kier alpha value is -0.860. The topological polar surface area (TPSA) is 37.4 Å². The van der Waals surface area contributed by atoms with E-state index in [2.05, 4.69) is 0 Å². The van der Waals surface area contributed by atoms with E-state index < -0.39 is 0 Å². The molecule has 1 heterocycles. The summed E-state index contributed by atoms with van der Waals surface area (Å²) in [7, 11) is 0.